The van der Waals surface area contributed by atoms with Crippen molar-refractivity contribution in [2.75, 3.05) is 0 Å². The Hall–Kier alpha value is -11.7. The van der Waals surface area contributed by atoms with Gasteiger partial charge in [-0.3, -0.25) is 0 Å². The summed E-state index contributed by atoms with van der Waals surface area (Å²) >= 11 is 0. The van der Waals surface area contributed by atoms with Crippen LogP contribution in [0.25, 0.3) is 157 Å². The lowest BCUT2D eigenvalue weighted by Gasteiger charge is -2.21. The van der Waals surface area contributed by atoms with Crippen molar-refractivity contribution in [3.8, 4) is 44.5 Å². The van der Waals surface area contributed by atoms with Crippen LogP contribution in [0.2, 0.25) is 0 Å². The van der Waals surface area contributed by atoms with E-state index < -0.39 is 0 Å². The lowest BCUT2D eigenvalue weighted by atomic mass is 9.82. The fourth-order valence-corrected chi connectivity index (χ4v) is 19.1. The highest BCUT2D eigenvalue weighted by molar-refractivity contribution is 6.27. The summed E-state index contributed by atoms with van der Waals surface area (Å²) in [5.74, 6) is 0. The molecule has 15 aromatic carbocycles. The van der Waals surface area contributed by atoms with Crippen molar-refractivity contribution in [1.82, 2.24) is 0 Å². The summed E-state index contributed by atoms with van der Waals surface area (Å²) in [4.78, 5) is 0. The highest BCUT2D eigenvalue weighted by Gasteiger charge is 2.24. The van der Waals surface area contributed by atoms with E-state index in [0.29, 0.717) is 0 Å². The number of fused-ring (bicyclic) bond motifs is 6. The molecule has 0 heterocycles. The van der Waals surface area contributed by atoms with Crippen LogP contribution >= 0.6 is 0 Å². The lowest BCUT2D eigenvalue weighted by Crippen LogP contribution is -1.95. The van der Waals surface area contributed by atoms with Gasteiger partial charge < -0.3 is 0 Å². The van der Waals surface area contributed by atoms with Crippen molar-refractivity contribution in [2.24, 2.45) is 0 Å². The fourth-order valence-electron chi connectivity index (χ4n) is 19.1. The fraction of sp³-hybridized carbons (Fsp3) is 0.182. The smallest absolute Gasteiger partial charge is 0.00201 e. The minimum Gasteiger partial charge on any atom is -0.0696 e. The van der Waals surface area contributed by atoms with Crippen molar-refractivity contribution in [3.05, 3.63) is 369 Å². The summed E-state index contributed by atoms with van der Waals surface area (Å²) in [6.07, 6.45) is 40.3. The number of allylic oxidation sites excluding steroid dienone is 4. The minimum absolute atomic E-state index is 1.21. The Morgan fingerprint density at radius 1 is 0.173 bits per heavy atom. The van der Waals surface area contributed by atoms with E-state index in [1.807, 2.05) is 0 Å². The van der Waals surface area contributed by atoms with Gasteiger partial charge in [0.1, 0.15) is 0 Å². The quantitative estimate of drug-likeness (QED) is 0.0752. The zero-order chi connectivity index (χ0) is 73.1. The number of rotatable bonds is 14. The third-order valence-corrected chi connectivity index (χ3v) is 24.8. The number of hydrogen-bond acceptors (Lipinski definition) is 0. The molecule has 534 valence electrons. The average Bonchev–Trinajstić information content (AvgIpc) is 0.718. The third-order valence-electron chi connectivity index (χ3n) is 24.8. The van der Waals surface area contributed by atoms with Gasteiger partial charge in [-0.05, 0) is 291 Å². The highest BCUT2D eigenvalue weighted by Crippen LogP contribution is 2.50. The molecule has 0 nitrogen and oxygen atoms in total. The van der Waals surface area contributed by atoms with Gasteiger partial charge in [-0.25, -0.2) is 0 Å². The molecule has 0 N–H and O–H groups in total. The first-order chi connectivity index (χ1) is 54.5. The Bertz CT molecular complexity index is 5600. The first-order valence-corrected chi connectivity index (χ1v) is 41.2. The van der Waals surface area contributed by atoms with Gasteiger partial charge in [-0.1, -0.05) is 363 Å². The van der Waals surface area contributed by atoms with Gasteiger partial charge in [0.25, 0.3) is 0 Å². The Morgan fingerprint density at radius 2 is 0.373 bits per heavy atom. The van der Waals surface area contributed by atoms with Crippen molar-refractivity contribution >= 4 is 112 Å². The SMILES string of the molecule is C(=C1CCCCC1)c1ccc(C(=Cc2ccc(-c3ccc(-c4c5ccccc5c(-c5ccc(-c6ccc(C=C(c7ccc(C=C8CCCCC8)cc7)c7ccc(C=C8CCCCC8)cc7)c7ccccc67)c6ccccc56)c5ccccc45)c4ccccc34)c3ccccc23)c2ccc(C=C3CCCCC3)cc2)cc1. The topological polar surface area (TPSA) is 0 Å². The second kappa shape index (κ2) is 31.1. The maximum atomic E-state index is 2.45. The molecule has 110 heavy (non-hydrogen) atoms. The largest absolute Gasteiger partial charge is 0.0696 e. The minimum atomic E-state index is 1.21. The molecule has 0 bridgehead atoms. The summed E-state index contributed by atoms with van der Waals surface area (Å²) in [5.41, 5.74) is 31.3. The summed E-state index contributed by atoms with van der Waals surface area (Å²) in [6, 6.07) is 112. The molecule has 0 aromatic heterocycles. The zero-order valence-corrected chi connectivity index (χ0v) is 63.3. The first-order valence-electron chi connectivity index (χ1n) is 41.2. The maximum Gasteiger partial charge on any atom is -0.00201 e. The average molecular weight is 1420 g/mol. The summed E-state index contributed by atoms with van der Waals surface area (Å²) in [5, 5.41) is 14.9. The van der Waals surface area contributed by atoms with E-state index in [4.69, 9.17) is 0 Å². The molecule has 15 aromatic rings. The number of hydrogen-bond donors (Lipinski definition) is 0. The molecule has 0 amide bonds. The second-order valence-corrected chi connectivity index (χ2v) is 31.8. The van der Waals surface area contributed by atoms with Crippen molar-refractivity contribution in [1.29, 1.82) is 0 Å². The second-order valence-electron chi connectivity index (χ2n) is 31.8. The van der Waals surface area contributed by atoms with Crippen molar-refractivity contribution in [2.45, 2.75) is 128 Å². The van der Waals surface area contributed by atoms with Crippen LogP contribution in [0.1, 0.15) is 184 Å². The Morgan fingerprint density at radius 3 is 0.627 bits per heavy atom. The van der Waals surface area contributed by atoms with Gasteiger partial charge >= 0.3 is 0 Å². The molecule has 0 aliphatic heterocycles. The molecule has 0 saturated heterocycles. The molecule has 4 aliphatic carbocycles. The van der Waals surface area contributed by atoms with E-state index >= 15 is 0 Å². The molecule has 19 rings (SSSR count). The third kappa shape index (κ3) is 14.0. The van der Waals surface area contributed by atoms with Gasteiger partial charge in [0.05, 0.1) is 0 Å². The lowest BCUT2D eigenvalue weighted by molar-refractivity contribution is 0.602. The molecular formula is C110H94. The van der Waals surface area contributed by atoms with E-state index in [9.17, 15) is 0 Å². The van der Waals surface area contributed by atoms with E-state index in [0.717, 1.165) is 0 Å². The standard InChI is InChI=1S/C110H94/c1-5-25-75(26-6-1)69-79-45-53-83(54-46-79)107(84-55-47-80(48-56-84)70-76-27-7-2-8-28-76)73-87-61-63-97(91-35-15-13-33-89(87)91)99-65-67-105(95-39-19-17-37-93(95)99)109-101-41-21-23-43-103(101)110(104-44-24-22-42-102(104)109)106-68-66-100(94-38-18-20-40-96(94)106)98-64-62-88(90-34-14-16-36-92(90)98)74-108(85-57-49-81(50-58-85)71-77-29-9-3-10-30-77)86-59-51-82(52-60-86)72-78-31-11-4-12-32-78/h13-24,33-74H,1-12,25-32H2. The van der Waals surface area contributed by atoms with Crippen LogP contribution in [0.5, 0.6) is 0 Å². The van der Waals surface area contributed by atoms with Gasteiger partial charge in [-0.15, -0.1) is 0 Å². The molecule has 0 spiro atoms. The molecule has 0 unspecified atom stereocenters. The van der Waals surface area contributed by atoms with Gasteiger partial charge in [0.15, 0.2) is 0 Å². The van der Waals surface area contributed by atoms with Crippen LogP contribution < -0.4 is 0 Å². The van der Waals surface area contributed by atoms with E-state index in [1.165, 1.54) is 304 Å². The van der Waals surface area contributed by atoms with E-state index in [1.54, 1.807) is 22.3 Å². The Kier molecular flexibility index (Phi) is 19.5. The zero-order valence-electron chi connectivity index (χ0n) is 63.3. The highest BCUT2D eigenvalue weighted by atomic mass is 14.3. The molecule has 0 radical (unpaired) electrons. The van der Waals surface area contributed by atoms with Gasteiger partial charge in [-0.2, -0.15) is 0 Å². The predicted octanol–water partition coefficient (Wildman–Crippen LogP) is 31.8. The summed E-state index contributed by atoms with van der Waals surface area (Å²) < 4.78 is 0. The van der Waals surface area contributed by atoms with Gasteiger partial charge in [0, 0.05) is 0 Å². The molecule has 0 heteroatoms. The molecule has 4 aliphatic rings. The monoisotopic (exact) mass is 1410 g/mol. The normalized spacial score (nSPS) is 14.8. The first kappa shape index (κ1) is 68.8. The van der Waals surface area contributed by atoms with Crippen LogP contribution in [0, 0.1) is 0 Å². The van der Waals surface area contributed by atoms with E-state index in [-0.39, 0.29) is 0 Å². The van der Waals surface area contributed by atoms with E-state index in [2.05, 4.69) is 328 Å². The molecule has 4 fully saturated rings. The predicted molar refractivity (Wildman–Crippen MR) is 477 cm³/mol. The Labute approximate surface area is 649 Å². The van der Waals surface area contributed by atoms with Gasteiger partial charge in [0.2, 0.25) is 0 Å². The van der Waals surface area contributed by atoms with Crippen molar-refractivity contribution < 1.29 is 0 Å². The molecule has 4 saturated carbocycles. The number of benzene rings is 15. The summed E-state index contributed by atoms with van der Waals surface area (Å²) in [7, 11) is 0. The molecule has 0 atom stereocenters. The van der Waals surface area contributed by atoms with Crippen LogP contribution in [0.15, 0.2) is 313 Å². The Balaban J connectivity index is 0.692. The summed E-state index contributed by atoms with van der Waals surface area (Å²) in [6.45, 7) is 0. The van der Waals surface area contributed by atoms with Crippen LogP contribution in [0.4, 0.5) is 0 Å². The van der Waals surface area contributed by atoms with Crippen LogP contribution in [-0.2, 0) is 0 Å². The maximum absolute atomic E-state index is 2.45. The van der Waals surface area contributed by atoms with Crippen LogP contribution in [0.3, 0.4) is 0 Å². The van der Waals surface area contributed by atoms with Crippen molar-refractivity contribution in [3.63, 3.8) is 0 Å². The van der Waals surface area contributed by atoms with Crippen LogP contribution in [-0.4, -0.2) is 0 Å². The molecular weight excluding hydrogens is 1320 g/mol.